The first-order chi connectivity index (χ1) is 16.4. The van der Waals surface area contributed by atoms with Crippen LogP contribution in [0.1, 0.15) is 82.3 Å². The van der Waals surface area contributed by atoms with E-state index in [4.69, 9.17) is 15.5 Å². The fourth-order valence-corrected chi connectivity index (χ4v) is 5.65. The molecule has 0 bridgehead atoms. The minimum absolute atomic E-state index is 0.327. The molecule has 2 aliphatic heterocycles. The molecule has 0 atom stereocenters. The van der Waals surface area contributed by atoms with Gasteiger partial charge in [0, 0.05) is 25.1 Å². The van der Waals surface area contributed by atoms with E-state index in [9.17, 15) is 4.79 Å². The molecule has 1 aromatic heterocycles. The van der Waals surface area contributed by atoms with Gasteiger partial charge in [0.1, 0.15) is 11.9 Å². The van der Waals surface area contributed by atoms with E-state index in [1.165, 1.54) is 50.4 Å². The van der Waals surface area contributed by atoms with Crippen molar-refractivity contribution in [2.75, 3.05) is 18.8 Å². The van der Waals surface area contributed by atoms with Crippen molar-refractivity contribution in [1.82, 2.24) is 14.9 Å². The van der Waals surface area contributed by atoms with E-state index in [0.29, 0.717) is 35.1 Å². The maximum Gasteiger partial charge on any atom is 0.246 e. The Kier molecular flexibility index (Phi) is 6.28. The number of aliphatic imine (C=N–C) groups is 1. The first-order valence-corrected chi connectivity index (χ1v) is 12.7. The van der Waals surface area contributed by atoms with Gasteiger partial charge in [0.05, 0.1) is 5.71 Å². The number of rotatable bonds is 5. The van der Waals surface area contributed by atoms with Crippen molar-refractivity contribution in [1.29, 1.82) is 0 Å². The van der Waals surface area contributed by atoms with Gasteiger partial charge in [-0.3, -0.25) is 4.79 Å². The zero-order chi connectivity index (χ0) is 23.7. The van der Waals surface area contributed by atoms with Crippen LogP contribution in [0.3, 0.4) is 0 Å². The Morgan fingerprint density at radius 1 is 1.09 bits per heavy atom. The van der Waals surface area contributed by atoms with Crippen molar-refractivity contribution in [3.8, 4) is 5.88 Å². The number of ether oxygens (including phenoxy) is 1. The molecule has 7 nitrogen and oxygen atoms in total. The summed E-state index contributed by atoms with van der Waals surface area (Å²) in [7, 11) is 0. The quantitative estimate of drug-likeness (QED) is 0.674. The van der Waals surface area contributed by atoms with Crippen LogP contribution in [-0.2, 0) is 4.79 Å². The van der Waals surface area contributed by atoms with Crippen LogP contribution in [0.5, 0.6) is 5.88 Å². The van der Waals surface area contributed by atoms with Crippen molar-refractivity contribution < 1.29 is 9.53 Å². The zero-order valence-electron chi connectivity index (χ0n) is 20.3. The number of hydrogen-bond donors (Lipinski definition) is 1. The van der Waals surface area contributed by atoms with E-state index in [1.54, 1.807) is 0 Å². The highest BCUT2D eigenvalue weighted by Gasteiger charge is 2.35. The Hall–Kier alpha value is -2.96. The van der Waals surface area contributed by atoms with E-state index >= 15 is 0 Å². The van der Waals surface area contributed by atoms with Crippen molar-refractivity contribution in [3.05, 3.63) is 41.7 Å². The number of anilines is 1. The molecule has 1 aliphatic carbocycles. The van der Waals surface area contributed by atoms with Gasteiger partial charge in [-0.05, 0) is 76.2 Å². The molecule has 1 saturated carbocycles. The zero-order valence-corrected chi connectivity index (χ0v) is 20.3. The number of nitrogens with two attached hydrogens (primary N) is 1. The second-order valence-electron chi connectivity index (χ2n) is 10.5. The topological polar surface area (TPSA) is 93.7 Å². The largest absolute Gasteiger partial charge is 0.463 e. The highest BCUT2D eigenvalue weighted by molar-refractivity contribution is 6.09. The van der Waals surface area contributed by atoms with Crippen LogP contribution in [0, 0.1) is 5.92 Å². The summed E-state index contributed by atoms with van der Waals surface area (Å²) in [5.41, 5.74) is 9.15. The molecular formula is C27H35N5O2. The molecule has 0 unspecified atom stereocenters. The van der Waals surface area contributed by atoms with Crippen LogP contribution in [0.2, 0.25) is 0 Å². The Morgan fingerprint density at radius 3 is 2.50 bits per heavy atom. The average molecular weight is 462 g/mol. The summed E-state index contributed by atoms with van der Waals surface area (Å²) in [6.07, 6.45) is 10.3. The number of nitrogen functional groups attached to an aromatic ring is 1. The normalized spacial score (nSPS) is 23.7. The van der Waals surface area contributed by atoms with Gasteiger partial charge >= 0.3 is 0 Å². The number of likely N-dealkylation sites (tertiary alicyclic amines) is 1. The van der Waals surface area contributed by atoms with Crippen molar-refractivity contribution in [2.45, 2.75) is 76.7 Å². The lowest BCUT2D eigenvalue weighted by Crippen LogP contribution is -2.41. The second-order valence-corrected chi connectivity index (χ2v) is 10.5. The number of aromatic nitrogens is 2. The Balaban J connectivity index is 1.20. The first-order valence-electron chi connectivity index (χ1n) is 12.7. The van der Waals surface area contributed by atoms with E-state index < -0.39 is 5.60 Å². The standard InChI is InChI=1S/C27H35N5O2/c1-27(2)24(31-23-25(28)29-17-30-26(23)34-27)21-12-10-20(11-13-21)19-8-5-18(6-9-19)7-14-22(33)32-15-3-4-16-32/h10-13,17-19H,3-9,14-16H2,1-2H3,(H2,28,29,30). The minimum Gasteiger partial charge on any atom is -0.463 e. The van der Waals surface area contributed by atoms with Crippen LogP contribution in [-0.4, -0.2) is 45.2 Å². The highest BCUT2D eigenvalue weighted by atomic mass is 16.5. The van der Waals surface area contributed by atoms with Gasteiger partial charge in [-0.25, -0.2) is 9.98 Å². The third-order valence-corrected chi connectivity index (χ3v) is 7.69. The molecule has 1 saturated heterocycles. The molecule has 180 valence electrons. The molecule has 5 rings (SSSR count). The third-order valence-electron chi connectivity index (χ3n) is 7.69. The van der Waals surface area contributed by atoms with E-state index in [0.717, 1.165) is 37.2 Å². The number of fused-ring (bicyclic) bond motifs is 1. The molecule has 2 N–H and O–H groups in total. The number of benzene rings is 1. The molecule has 3 aliphatic rings. The number of hydrogen-bond acceptors (Lipinski definition) is 6. The molecule has 2 aromatic rings. The Labute approximate surface area is 201 Å². The van der Waals surface area contributed by atoms with E-state index in [1.807, 2.05) is 13.8 Å². The molecular weight excluding hydrogens is 426 g/mol. The first kappa shape index (κ1) is 22.8. The van der Waals surface area contributed by atoms with E-state index in [-0.39, 0.29) is 0 Å². The van der Waals surface area contributed by atoms with Gasteiger partial charge in [-0.1, -0.05) is 24.3 Å². The molecule has 0 spiro atoms. The summed E-state index contributed by atoms with van der Waals surface area (Å²) < 4.78 is 6.11. The van der Waals surface area contributed by atoms with Gasteiger partial charge < -0.3 is 15.4 Å². The minimum atomic E-state index is -0.611. The molecule has 3 heterocycles. The van der Waals surface area contributed by atoms with Gasteiger partial charge in [-0.15, -0.1) is 0 Å². The van der Waals surface area contributed by atoms with Crippen molar-refractivity contribution >= 4 is 23.1 Å². The van der Waals surface area contributed by atoms with Crippen LogP contribution in [0.25, 0.3) is 0 Å². The number of carbonyl (C=O) groups excluding carboxylic acids is 1. The summed E-state index contributed by atoms with van der Waals surface area (Å²) >= 11 is 0. The van der Waals surface area contributed by atoms with Crippen molar-refractivity contribution in [3.63, 3.8) is 0 Å². The lowest BCUT2D eigenvalue weighted by Gasteiger charge is -2.32. The lowest BCUT2D eigenvalue weighted by molar-refractivity contribution is -0.130. The van der Waals surface area contributed by atoms with Gasteiger partial charge in [0.2, 0.25) is 11.8 Å². The molecule has 2 fully saturated rings. The summed E-state index contributed by atoms with van der Waals surface area (Å²) in [4.78, 5) is 27.4. The number of carbonyl (C=O) groups is 1. The smallest absolute Gasteiger partial charge is 0.246 e. The SMILES string of the molecule is CC1(C)Oc2ncnc(N)c2N=C1c1ccc(C2CCC(CCC(=O)N3CCCC3)CC2)cc1. The Morgan fingerprint density at radius 2 is 1.79 bits per heavy atom. The molecule has 1 amide bonds. The fourth-order valence-electron chi connectivity index (χ4n) is 5.65. The Bertz CT molecular complexity index is 1060. The predicted octanol–water partition coefficient (Wildman–Crippen LogP) is 5.03. The fraction of sp³-hybridized carbons (Fsp3) is 0.556. The van der Waals surface area contributed by atoms with E-state index in [2.05, 4.69) is 39.1 Å². The molecule has 0 radical (unpaired) electrons. The monoisotopic (exact) mass is 461 g/mol. The van der Waals surface area contributed by atoms with Gasteiger partial charge in [0.25, 0.3) is 0 Å². The maximum absolute atomic E-state index is 12.4. The van der Waals surface area contributed by atoms with Crippen LogP contribution in [0.15, 0.2) is 35.6 Å². The van der Waals surface area contributed by atoms with Crippen molar-refractivity contribution in [2.24, 2.45) is 10.9 Å². The summed E-state index contributed by atoms with van der Waals surface area (Å²) in [6.45, 7) is 5.92. The average Bonchev–Trinajstić information content (AvgIpc) is 3.38. The highest BCUT2D eigenvalue weighted by Crippen LogP contribution is 2.40. The molecule has 34 heavy (non-hydrogen) atoms. The predicted molar refractivity (Wildman–Crippen MR) is 134 cm³/mol. The number of amides is 1. The summed E-state index contributed by atoms with van der Waals surface area (Å²) in [5, 5.41) is 0. The van der Waals surface area contributed by atoms with Gasteiger partial charge in [-0.2, -0.15) is 4.98 Å². The molecule has 7 heteroatoms. The van der Waals surface area contributed by atoms with Crippen LogP contribution >= 0.6 is 0 Å². The summed E-state index contributed by atoms with van der Waals surface area (Å²) in [5.74, 6) is 2.39. The maximum atomic E-state index is 12.4. The van der Waals surface area contributed by atoms with Crippen LogP contribution in [0.4, 0.5) is 11.5 Å². The van der Waals surface area contributed by atoms with Crippen LogP contribution < -0.4 is 10.5 Å². The lowest BCUT2D eigenvalue weighted by atomic mass is 9.77. The summed E-state index contributed by atoms with van der Waals surface area (Å²) in [6, 6.07) is 8.75. The van der Waals surface area contributed by atoms with Gasteiger partial charge in [0.15, 0.2) is 11.5 Å². The second kappa shape index (κ2) is 9.35. The molecule has 1 aromatic carbocycles. The number of nitrogens with zero attached hydrogens (tertiary/aromatic N) is 4. The third kappa shape index (κ3) is 4.65.